The molecule has 0 radical (unpaired) electrons. The molecule has 1 saturated heterocycles. The van der Waals surface area contributed by atoms with Gasteiger partial charge in [-0.05, 0) is 61.1 Å². The fourth-order valence-electron chi connectivity index (χ4n) is 4.06. The standard InChI is InChI=1S/C24H29N3O3S2/c1-31-21-8-6-19(7-9-21)17-25-24(28)18-26-15-12-20-16-22(10-11-23(20)26)32(29,30)27-13-4-2-3-5-14-27/h6-12,15-16H,2-5,13-14,17-18H2,1H3,(H,25,28). The predicted octanol–water partition coefficient (Wildman–Crippen LogP) is 4.24. The molecule has 0 spiro atoms. The van der Waals surface area contributed by atoms with Gasteiger partial charge in [0.2, 0.25) is 15.9 Å². The number of nitrogens with zero attached hydrogens (tertiary/aromatic N) is 2. The maximum absolute atomic E-state index is 13.1. The Morgan fingerprint density at radius 1 is 1.00 bits per heavy atom. The van der Waals surface area contributed by atoms with Crippen LogP contribution in [-0.2, 0) is 27.9 Å². The molecular weight excluding hydrogens is 442 g/mol. The first-order valence-electron chi connectivity index (χ1n) is 11.0. The quantitative estimate of drug-likeness (QED) is 0.523. The number of thioether (sulfide) groups is 1. The SMILES string of the molecule is CSc1ccc(CNC(=O)Cn2ccc3cc(S(=O)(=O)N4CCCCCC4)ccc32)cc1. The molecule has 0 aliphatic carbocycles. The Balaban J connectivity index is 1.43. The van der Waals surface area contributed by atoms with E-state index >= 15 is 0 Å². The number of carbonyl (C=O) groups is 1. The number of fused-ring (bicyclic) bond motifs is 1. The highest BCUT2D eigenvalue weighted by Gasteiger charge is 2.25. The summed E-state index contributed by atoms with van der Waals surface area (Å²) in [5, 5.41) is 3.78. The minimum Gasteiger partial charge on any atom is -0.350 e. The molecule has 0 bridgehead atoms. The number of benzene rings is 2. The highest BCUT2D eigenvalue weighted by molar-refractivity contribution is 7.98. The third kappa shape index (κ3) is 5.19. The van der Waals surface area contributed by atoms with Gasteiger partial charge in [-0.2, -0.15) is 4.31 Å². The maximum Gasteiger partial charge on any atom is 0.243 e. The molecule has 2 heterocycles. The van der Waals surface area contributed by atoms with Gasteiger partial charge in [0.15, 0.2) is 0 Å². The Morgan fingerprint density at radius 3 is 2.41 bits per heavy atom. The van der Waals surface area contributed by atoms with Crippen molar-refractivity contribution >= 4 is 38.6 Å². The number of hydrogen-bond acceptors (Lipinski definition) is 4. The summed E-state index contributed by atoms with van der Waals surface area (Å²) in [6, 6.07) is 15.2. The Bertz CT molecular complexity index is 1180. The average molecular weight is 472 g/mol. The monoisotopic (exact) mass is 471 g/mol. The van der Waals surface area contributed by atoms with Gasteiger partial charge in [0, 0.05) is 41.6 Å². The molecule has 170 valence electrons. The first kappa shape index (κ1) is 22.9. The lowest BCUT2D eigenvalue weighted by Crippen LogP contribution is -2.31. The van der Waals surface area contributed by atoms with Crippen molar-refractivity contribution in [2.75, 3.05) is 19.3 Å². The second kappa shape index (κ2) is 10.1. The van der Waals surface area contributed by atoms with Gasteiger partial charge in [0.05, 0.1) is 4.90 Å². The molecule has 1 aromatic heterocycles. The number of sulfonamides is 1. The van der Waals surface area contributed by atoms with E-state index in [2.05, 4.69) is 5.32 Å². The lowest BCUT2D eigenvalue weighted by atomic mass is 10.2. The summed E-state index contributed by atoms with van der Waals surface area (Å²) in [5.74, 6) is -0.0855. The molecule has 0 unspecified atom stereocenters. The van der Waals surface area contributed by atoms with Crippen LogP contribution in [0.3, 0.4) is 0 Å². The fraction of sp³-hybridized carbons (Fsp3) is 0.375. The normalized spacial score (nSPS) is 15.5. The van der Waals surface area contributed by atoms with Crippen LogP contribution >= 0.6 is 11.8 Å². The van der Waals surface area contributed by atoms with Gasteiger partial charge in [-0.15, -0.1) is 11.8 Å². The predicted molar refractivity (Wildman–Crippen MR) is 129 cm³/mol. The molecule has 3 aromatic rings. The second-order valence-electron chi connectivity index (χ2n) is 8.11. The highest BCUT2D eigenvalue weighted by Crippen LogP contribution is 2.25. The van der Waals surface area contributed by atoms with E-state index in [1.54, 1.807) is 34.3 Å². The van der Waals surface area contributed by atoms with E-state index in [-0.39, 0.29) is 12.5 Å². The Morgan fingerprint density at radius 2 is 1.72 bits per heavy atom. The van der Waals surface area contributed by atoms with Crippen LogP contribution in [0.4, 0.5) is 0 Å². The Kier molecular flexibility index (Phi) is 7.23. The number of amides is 1. The van der Waals surface area contributed by atoms with Crippen molar-refractivity contribution in [2.45, 2.75) is 48.6 Å². The lowest BCUT2D eigenvalue weighted by Gasteiger charge is -2.20. The van der Waals surface area contributed by atoms with Gasteiger partial charge in [0.1, 0.15) is 6.54 Å². The van der Waals surface area contributed by atoms with E-state index in [1.165, 1.54) is 4.90 Å². The van der Waals surface area contributed by atoms with E-state index < -0.39 is 10.0 Å². The van der Waals surface area contributed by atoms with Crippen molar-refractivity contribution in [3.8, 4) is 0 Å². The molecule has 0 saturated carbocycles. The number of aromatic nitrogens is 1. The van der Waals surface area contributed by atoms with Gasteiger partial charge in [-0.3, -0.25) is 4.79 Å². The zero-order valence-electron chi connectivity index (χ0n) is 18.3. The number of nitrogens with one attached hydrogen (secondary N) is 1. The van der Waals surface area contributed by atoms with Crippen LogP contribution in [0.1, 0.15) is 31.2 Å². The fourth-order valence-corrected chi connectivity index (χ4v) is 6.02. The number of hydrogen-bond donors (Lipinski definition) is 1. The van der Waals surface area contributed by atoms with Crippen LogP contribution in [0.15, 0.2) is 64.5 Å². The molecular formula is C24H29N3O3S2. The van der Waals surface area contributed by atoms with Gasteiger partial charge < -0.3 is 9.88 Å². The van der Waals surface area contributed by atoms with E-state index in [0.717, 1.165) is 42.1 Å². The largest absolute Gasteiger partial charge is 0.350 e. The summed E-state index contributed by atoms with van der Waals surface area (Å²) in [6.45, 7) is 1.83. The highest BCUT2D eigenvalue weighted by atomic mass is 32.2. The summed E-state index contributed by atoms with van der Waals surface area (Å²) in [4.78, 5) is 14.0. The van der Waals surface area contributed by atoms with Crippen LogP contribution < -0.4 is 5.32 Å². The van der Waals surface area contributed by atoms with Gasteiger partial charge >= 0.3 is 0 Å². The first-order chi connectivity index (χ1) is 15.5. The maximum atomic E-state index is 13.1. The van der Waals surface area contributed by atoms with Crippen molar-refractivity contribution in [1.29, 1.82) is 0 Å². The van der Waals surface area contributed by atoms with Gasteiger partial charge in [-0.1, -0.05) is 25.0 Å². The summed E-state index contributed by atoms with van der Waals surface area (Å²) in [5.41, 5.74) is 1.90. The number of carbonyl (C=O) groups excluding carboxylic acids is 1. The summed E-state index contributed by atoms with van der Waals surface area (Å²) < 4.78 is 29.6. The molecule has 32 heavy (non-hydrogen) atoms. The molecule has 1 N–H and O–H groups in total. The van der Waals surface area contributed by atoms with Gasteiger partial charge in [0.25, 0.3) is 0 Å². The molecule has 1 aliphatic rings. The minimum absolute atomic E-state index is 0.0855. The van der Waals surface area contributed by atoms with E-state index in [9.17, 15) is 13.2 Å². The van der Waals surface area contributed by atoms with Crippen molar-refractivity contribution < 1.29 is 13.2 Å². The molecule has 4 rings (SSSR count). The molecule has 1 amide bonds. The van der Waals surface area contributed by atoms with Crippen LogP contribution in [0.5, 0.6) is 0 Å². The summed E-state index contributed by atoms with van der Waals surface area (Å²) in [6.07, 6.45) is 7.85. The van der Waals surface area contributed by atoms with Crippen LogP contribution in [0.2, 0.25) is 0 Å². The first-order valence-corrected chi connectivity index (χ1v) is 13.6. The second-order valence-corrected chi connectivity index (χ2v) is 10.9. The minimum atomic E-state index is -3.49. The molecule has 8 heteroatoms. The summed E-state index contributed by atoms with van der Waals surface area (Å²) in [7, 11) is -3.49. The molecule has 6 nitrogen and oxygen atoms in total. The third-order valence-electron chi connectivity index (χ3n) is 5.91. The molecule has 2 aromatic carbocycles. The smallest absolute Gasteiger partial charge is 0.243 e. The topological polar surface area (TPSA) is 71.4 Å². The van der Waals surface area contributed by atoms with Crippen LogP contribution in [0.25, 0.3) is 10.9 Å². The summed E-state index contributed by atoms with van der Waals surface area (Å²) >= 11 is 1.69. The van der Waals surface area contributed by atoms with Crippen LogP contribution in [-0.4, -0.2) is 42.5 Å². The van der Waals surface area contributed by atoms with Crippen molar-refractivity contribution in [1.82, 2.24) is 14.2 Å². The lowest BCUT2D eigenvalue weighted by molar-refractivity contribution is -0.121. The number of rotatable bonds is 7. The van der Waals surface area contributed by atoms with E-state index in [4.69, 9.17) is 0 Å². The van der Waals surface area contributed by atoms with Crippen molar-refractivity contribution in [2.24, 2.45) is 0 Å². The zero-order chi connectivity index (χ0) is 22.6. The van der Waals surface area contributed by atoms with E-state index in [0.29, 0.717) is 24.5 Å². The molecule has 0 atom stereocenters. The third-order valence-corrected chi connectivity index (χ3v) is 8.55. The van der Waals surface area contributed by atoms with Crippen LogP contribution in [0, 0.1) is 0 Å². The van der Waals surface area contributed by atoms with Crippen molar-refractivity contribution in [3.05, 3.63) is 60.3 Å². The Labute approximate surface area is 194 Å². The average Bonchev–Trinajstić information content (AvgIpc) is 3.00. The van der Waals surface area contributed by atoms with Gasteiger partial charge in [-0.25, -0.2) is 8.42 Å². The van der Waals surface area contributed by atoms with E-state index in [1.807, 2.05) is 47.4 Å². The molecule has 1 fully saturated rings. The molecule has 1 aliphatic heterocycles. The Hall–Kier alpha value is -2.29. The zero-order valence-corrected chi connectivity index (χ0v) is 19.9. The van der Waals surface area contributed by atoms with Crippen molar-refractivity contribution in [3.63, 3.8) is 0 Å².